The van der Waals surface area contributed by atoms with Crippen LogP contribution in [-0.4, -0.2) is 12.6 Å². The van der Waals surface area contributed by atoms with Crippen molar-refractivity contribution in [3.8, 4) is 0 Å². The molecule has 0 aliphatic heterocycles. The van der Waals surface area contributed by atoms with E-state index < -0.39 is 11.6 Å². The summed E-state index contributed by atoms with van der Waals surface area (Å²) >= 11 is 3.11. The molecule has 1 aromatic carbocycles. The van der Waals surface area contributed by atoms with Gasteiger partial charge in [-0.3, -0.25) is 0 Å². The number of rotatable bonds is 7. The van der Waals surface area contributed by atoms with Crippen LogP contribution < -0.4 is 5.32 Å². The summed E-state index contributed by atoms with van der Waals surface area (Å²) in [6, 6.07) is 3.15. The Labute approximate surface area is 121 Å². The summed E-state index contributed by atoms with van der Waals surface area (Å²) in [5, 5.41) is 3.50. The van der Waals surface area contributed by atoms with E-state index in [-0.39, 0.29) is 5.56 Å². The van der Waals surface area contributed by atoms with Crippen molar-refractivity contribution >= 4 is 15.9 Å². The fourth-order valence-corrected chi connectivity index (χ4v) is 2.80. The van der Waals surface area contributed by atoms with Crippen molar-refractivity contribution in [2.45, 2.75) is 45.1 Å². The highest BCUT2D eigenvalue weighted by Crippen LogP contribution is 2.35. The molecular weight excluding hydrogens is 312 g/mol. The molecule has 0 amide bonds. The number of halogens is 3. The Kier molecular flexibility index (Phi) is 5.34. The summed E-state index contributed by atoms with van der Waals surface area (Å²) in [7, 11) is 0. The van der Waals surface area contributed by atoms with Gasteiger partial charge in [-0.1, -0.05) is 6.92 Å². The van der Waals surface area contributed by atoms with Gasteiger partial charge >= 0.3 is 0 Å². The lowest BCUT2D eigenvalue weighted by atomic mass is 10.0. The summed E-state index contributed by atoms with van der Waals surface area (Å²) in [5.41, 5.74) is 0.207. The average Bonchev–Trinajstić information content (AvgIpc) is 3.22. The third-order valence-corrected chi connectivity index (χ3v) is 4.30. The molecule has 0 saturated heterocycles. The van der Waals surface area contributed by atoms with Gasteiger partial charge in [-0.05, 0) is 72.6 Å². The number of hydrogen-bond donors (Lipinski definition) is 1. The van der Waals surface area contributed by atoms with Gasteiger partial charge in [-0.2, -0.15) is 0 Å². The van der Waals surface area contributed by atoms with Gasteiger partial charge in [0.05, 0.1) is 4.47 Å². The summed E-state index contributed by atoms with van der Waals surface area (Å²) < 4.78 is 27.9. The third kappa shape index (κ3) is 3.99. The molecular formula is C15H20BrF2N. The Hall–Kier alpha value is -0.480. The normalized spacial score (nSPS) is 16.6. The van der Waals surface area contributed by atoms with E-state index in [2.05, 4.69) is 28.2 Å². The summed E-state index contributed by atoms with van der Waals surface area (Å²) in [6.45, 7) is 3.11. The van der Waals surface area contributed by atoms with Crippen LogP contribution in [0.2, 0.25) is 0 Å². The highest BCUT2D eigenvalue weighted by molar-refractivity contribution is 9.10. The molecule has 0 aromatic heterocycles. The third-order valence-electron chi connectivity index (χ3n) is 3.69. The lowest BCUT2D eigenvalue weighted by Gasteiger charge is -2.18. The van der Waals surface area contributed by atoms with Crippen LogP contribution in [0.4, 0.5) is 8.78 Å². The molecule has 0 radical (unpaired) electrons. The number of nitrogens with one attached hydrogen (secondary N) is 1. The molecule has 2 rings (SSSR count). The molecule has 0 bridgehead atoms. The maximum atomic E-state index is 13.9. The maximum Gasteiger partial charge on any atom is 0.143 e. The van der Waals surface area contributed by atoms with Crippen molar-refractivity contribution in [1.82, 2.24) is 5.32 Å². The van der Waals surface area contributed by atoms with E-state index in [4.69, 9.17) is 0 Å². The molecule has 1 aliphatic carbocycles. The van der Waals surface area contributed by atoms with Gasteiger partial charge in [0, 0.05) is 11.6 Å². The average molecular weight is 332 g/mol. The molecule has 1 atom stereocenters. The first kappa shape index (κ1) is 14.9. The van der Waals surface area contributed by atoms with Gasteiger partial charge in [0.15, 0.2) is 0 Å². The first-order chi connectivity index (χ1) is 9.13. The molecule has 1 fully saturated rings. The minimum Gasteiger partial charge on any atom is -0.314 e. The smallest absolute Gasteiger partial charge is 0.143 e. The minimum absolute atomic E-state index is 0.207. The Bertz CT molecular complexity index is 432. The van der Waals surface area contributed by atoms with E-state index in [1.54, 1.807) is 0 Å². The SMILES string of the molecule is CCCNC(CCc1c(F)ccc(Br)c1F)C1CC1. The standard InChI is InChI=1S/C15H20BrF2N/c1-2-9-19-14(10-3-4-10)8-5-11-13(17)7-6-12(16)15(11)18/h6-7,10,14,19H,2-5,8-9H2,1H3. The topological polar surface area (TPSA) is 12.0 Å². The van der Waals surface area contributed by atoms with E-state index in [1.165, 1.54) is 25.0 Å². The van der Waals surface area contributed by atoms with E-state index in [1.807, 2.05) is 0 Å². The zero-order valence-electron chi connectivity index (χ0n) is 11.2. The van der Waals surface area contributed by atoms with E-state index in [0.29, 0.717) is 22.9 Å². The highest BCUT2D eigenvalue weighted by Gasteiger charge is 2.30. The van der Waals surface area contributed by atoms with Crippen LogP contribution in [-0.2, 0) is 6.42 Å². The fraction of sp³-hybridized carbons (Fsp3) is 0.600. The van der Waals surface area contributed by atoms with Crippen LogP contribution in [0.15, 0.2) is 16.6 Å². The Morgan fingerprint density at radius 1 is 1.37 bits per heavy atom. The summed E-state index contributed by atoms with van der Waals surface area (Å²) in [4.78, 5) is 0. The molecule has 19 heavy (non-hydrogen) atoms. The molecule has 0 heterocycles. The molecule has 1 unspecified atom stereocenters. The number of hydrogen-bond acceptors (Lipinski definition) is 1. The maximum absolute atomic E-state index is 13.9. The molecule has 1 saturated carbocycles. The second-order valence-corrected chi connectivity index (χ2v) is 6.11. The predicted octanol–water partition coefficient (Wildman–Crippen LogP) is 4.44. The van der Waals surface area contributed by atoms with Gasteiger partial charge in [0.1, 0.15) is 11.6 Å². The molecule has 0 spiro atoms. The second-order valence-electron chi connectivity index (χ2n) is 5.26. The van der Waals surface area contributed by atoms with Crippen molar-refractivity contribution in [3.05, 3.63) is 33.8 Å². The van der Waals surface area contributed by atoms with Gasteiger partial charge < -0.3 is 5.32 Å². The first-order valence-electron chi connectivity index (χ1n) is 6.99. The molecule has 1 N–H and O–H groups in total. The highest BCUT2D eigenvalue weighted by atomic mass is 79.9. The van der Waals surface area contributed by atoms with Crippen LogP contribution in [0, 0.1) is 17.6 Å². The number of benzene rings is 1. The predicted molar refractivity (Wildman–Crippen MR) is 77.2 cm³/mol. The summed E-state index contributed by atoms with van der Waals surface area (Å²) in [6.07, 6.45) is 4.82. The zero-order valence-corrected chi connectivity index (χ0v) is 12.8. The van der Waals surface area contributed by atoms with Crippen LogP contribution in [0.1, 0.15) is 38.2 Å². The first-order valence-corrected chi connectivity index (χ1v) is 7.78. The monoisotopic (exact) mass is 331 g/mol. The van der Waals surface area contributed by atoms with E-state index in [0.717, 1.165) is 19.4 Å². The summed E-state index contributed by atoms with van der Waals surface area (Å²) in [5.74, 6) is -0.194. The van der Waals surface area contributed by atoms with Gasteiger partial charge in [-0.15, -0.1) is 0 Å². The Balaban J connectivity index is 1.98. The van der Waals surface area contributed by atoms with Gasteiger partial charge in [0.2, 0.25) is 0 Å². The van der Waals surface area contributed by atoms with E-state index >= 15 is 0 Å². The quantitative estimate of drug-likeness (QED) is 0.728. The van der Waals surface area contributed by atoms with Crippen LogP contribution in [0.3, 0.4) is 0 Å². The van der Waals surface area contributed by atoms with Crippen LogP contribution in [0.25, 0.3) is 0 Å². The van der Waals surface area contributed by atoms with Gasteiger partial charge in [-0.25, -0.2) is 8.78 Å². The Morgan fingerprint density at radius 2 is 2.11 bits per heavy atom. The second kappa shape index (κ2) is 6.80. The molecule has 1 aliphatic rings. The molecule has 106 valence electrons. The van der Waals surface area contributed by atoms with Crippen molar-refractivity contribution in [2.24, 2.45) is 5.92 Å². The fourth-order valence-electron chi connectivity index (χ4n) is 2.43. The van der Waals surface area contributed by atoms with E-state index in [9.17, 15) is 8.78 Å². The van der Waals surface area contributed by atoms with Crippen molar-refractivity contribution in [3.63, 3.8) is 0 Å². The zero-order chi connectivity index (χ0) is 13.8. The van der Waals surface area contributed by atoms with Crippen LogP contribution in [0.5, 0.6) is 0 Å². The molecule has 1 aromatic rings. The largest absolute Gasteiger partial charge is 0.314 e. The van der Waals surface area contributed by atoms with Crippen molar-refractivity contribution < 1.29 is 8.78 Å². The lowest BCUT2D eigenvalue weighted by Crippen LogP contribution is -2.32. The van der Waals surface area contributed by atoms with Gasteiger partial charge in [0.25, 0.3) is 0 Å². The van der Waals surface area contributed by atoms with Crippen molar-refractivity contribution in [1.29, 1.82) is 0 Å². The Morgan fingerprint density at radius 3 is 2.74 bits per heavy atom. The molecule has 4 heteroatoms. The lowest BCUT2D eigenvalue weighted by molar-refractivity contribution is 0.427. The van der Waals surface area contributed by atoms with Crippen molar-refractivity contribution in [2.75, 3.05) is 6.54 Å². The van der Waals surface area contributed by atoms with Crippen LogP contribution >= 0.6 is 15.9 Å². The minimum atomic E-state index is -0.454. The molecule has 1 nitrogen and oxygen atoms in total.